The Hall–Kier alpha value is -0.730. The lowest BCUT2D eigenvalue weighted by Crippen LogP contribution is -2.36. The van der Waals surface area contributed by atoms with Crippen LogP contribution in [0.1, 0.15) is 63.1 Å². The predicted molar refractivity (Wildman–Crippen MR) is 88.3 cm³/mol. The van der Waals surface area contributed by atoms with Gasteiger partial charge in [0, 0.05) is 23.0 Å². The highest BCUT2D eigenvalue weighted by Gasteiger charge is 2.42. The molecule has 3 rings (SSSR count). The van der Waals surface area contributed by atoms with Crippen LogP contribution in [0.2, 0.25) is 5.02 Å². The molecule has 0 amide bonds. The molecule has 116 valence electrons. The molecule has 1 aromatic carbocycles. The molecule has 0 bridgehead atoms. The zero-order chi connectivity index (χ0) is 14.9. The van der Waals surface area contributed by atoms with Crippen molar-refractivity contribution < 1.29 is 4.74 Å². The van der Waals surface area contributed by atoms with Gasteiger partial charge in [-0.1, -0.05) is 38.3 Å². The molecule has 1 fully saturated rings. The molecule has 0 radical (unpaired) electrons. The van der Waals surface area contributed by atoms with Gasteiger partial charge in [-0.3, -0.25) is 0 Å². The van der Waals surface area contributed by atoms with E-state index in [9.17, 15) is 0 Å². The summed E-state index contributed by atoms with van der Waals surface area (Å²) < 4.78 is 5.96. The number of nitrogens with one attached hydrogen (secondary N) is 1. The van der Waals surface area contributed by atoms with Gasteiger partial charge in [0.25, 0.3) is 0 Å². The first-order chi connectivity index (χ1) is 10.2. The molecule has 1 aliphatic carbocycles. The minimum atomic E-state index is 0.362. The summed E-state index contributed by atoms with van der Waals surface area (Å²) in [6.45, 7) is 6.30. The molecular weight excluding hydrogens is 282 g/mol. The van der Waals surface area contributed by atoms with Crippen LogP contribution in [0, 0.1) is 5.41 Å². The Balaban J connectivity index is 2.05. The Morgan fingerprint density at radius 3 is 2.71 bits per heavy atom. The summed E-state index contributed by atoms with van der Waals surface area (Å²) in [5, 5.41) is 4.60. The summed E-state index contributed by atoms with van der Waals surface area (Å²) in [5.74, 6) is 1.10. The van der Waals surface area contributed by atoms with Crippen LogP contribution in [-0.2, 0) is 6.42 Å². The van der Waals surface area contributed by atoms with E-state index in [-0.39, 0.29) is 0 Å². The van der Waals surface area contributed by atoms with Gasteiger partial charge in [-0.25, -0.2) is 0 Å². The van der Waals surface area contributed by atoms with E-state index in [1.165, 1.54) is 43.2 Å². The summed E-state index contributed by atoms with van der Waals surface area (Å²) in [7, 11) is 0. The standard InChI is InChI=1S/C18H26ClNO/c1-3-18(8-5-6-9-18)17(20-4-2)15-12-14(19)11-13-7-10-21-16(13)15/h11-12,17,20H,3-10H2,1-2H3. The van der Waals surface area contributed by atoms with E-state index in [0.29, 0.717) is 11.5 Å². The quantitative estimate of drug-likeness (QED) is 0.835. The van der Waals surface area contributed by atoms with Crippen molar-refractivity contribution in [2.75, 3.05) is 13.2 Å². The first-order valence-electron chi connectivity index (χ1n) is 8.38. The summed E-state index contributed by atoms with van der Waals surface area (Å²) in [4.78, 5) is 0. The minimum absolute atomic E-state index is 0.362. The summed E-state index contributed by atoms with van der Waals surface area (Å²) in [6.07, 6.45) is 7.51. The predicted octanol–water partition coefficient (Wildman–Crippen LogP) is 4.90. The second-order valence-corrected chi connectivity index (χ2v) is 6.93. The molecule has 0 saturated heterocycles. The van der Waals surface area contributed by atoms with E-state index >= 15 is 0 Å². The van der Waals surface area contributed by atoms with E-state index in [1.807, 2.05) is 0 Å². The normalized spacial score (nSPS) is 21.1. The van der Waals surface area contributed by atoms with Crippen molar-refractivity contribution in [2.45, 2.75) is 58.4 Å². The van der Waals surface area contributed by atoms with E-state index in [4.69, 9.17) is 16.3 Å². The zero-order valence-corrected chi connectivity index (χ0v) is 13.9. The van der Waals surface area contributed by atoms with Crippen molar-refractivity contribution in [3.63, 3.8) is 0 Å². The van der Waals surface area contributed by atoms with Gasteiger partial charge in [0.15, 0.2) is 0 Å². The lowest BCUT2D eigenvalue weighted by molar-refractivity contribution is 0.185. The Morgan fingerprint density at radius 1 is 1.29 bits per heavy atom. The number of hydrogen-bond acceptors (Lipinski definition) is 2. The molecule has 0 spiro atoms. The fourth-order valence-corrected chi connectivity index (χ4v) is 4.55. The molecule has 3 heteroatoms. The van der Waals surface area contributed by atoms with Crippen molar-refractivity contribution in [1.29, 1.82) is 0 Å². The third kappa shape index (κ3) is 2.68. The van der Waals surface area contributed by atoms with Crippen molar-refractivity contribution in [1.82, 2.24) is 5.32 Å². The van der Waals surface area contributed by atoms with E-state index in [0.717, 1.165) is 30.3 Å². The molecule has 1 N–H and O–H groups in total. The summed E-state index contributed by atoms with van der Waals surface area (Å²) >= 11 is 6.38. The maximum absolute atomic E-state index is 6.38. The van der Waals surface area contributed by atoms with Gasteiger partial charge in [-0.05, 0) is 48.9 Å². The molecule has 2 aliphatic rings. The van der Waals surface area contributed by atoms with Crippen molar-refractivity contribution >= 4 is 11.6 Å². The Labute approximate surface area is 133 Å². The lowest BCUT2D eigenvalue weighted by atomic mass is 9.73. The van der Waals surface area contributed by atoms with Gasteiger partial charge in [-0.2, -0.15) is 0 Å². The smallest absolute Gasteiger partial charge is 0.127 e. The van der Waals surface area contributed by atoms with Crippen LogP contribution >= 0.6 is 11.6 Å². The van der Waals surface area contributed by atoms with Crippen molar-refractivity contribution in [3.05, 3.63) is 28.3 Å². The number of hydrogen-bond donors (Lipinski definition) is 1. The van der Waals surface area contributed by atoms with Gasteiger partial charge in [0.1, 0.15) is 5.75 Å². The van der Waals surface area contributed by atoms with Gasteiger partial charge in [0.05, 0.1) is 6.61 Å². The number of ether oxygens (including phenoxy) is 1. The molecule has 1 aliphatic heterocycles. The molecule has 21 heavy (non-hydrogen) atoms. The second-order valence-electron chi connectivity index (χ2n) is 6.50. The van der Waals surface area contributed by atoms with Crippen LogP contribution in [0.3, 0.4) is 0 Å². The molecular formula is C18H26ClNO. The van der Waals surface area contributed by atoms with Crippen LogP contribution in [0.5, 0.6) is 5.75 Å². The highest BCUT2D eigenvalue weighted by atomic mass is 35.5. The fraction of sp³-hybridized carbons (Fsp3) is 0.667. The Morgan fingerprint density at radius 2 is 2.05 bits per heavy atom. The van der Waals surface area contributed by atoms with Gasteiger partial charge in [-0.15, -0.1) is 0 Å². The van der Waals surface area contributed by atoms with Crippen LogP contribution < -0.4 is 10.1 Å². The average Bonchev–Trinajstić information content (AvgIpc) is 3.13. The van der Waals surface area contributed by atoms with E-state index in [2.05, 4.69) is 31.3 Å². The molecule has 1 heterocycles. The van der Waals surface area contributed by atoms with E-state index in [1.54, 1.807) is 0 Å². The van der Waals surface area contributed by atoms with Crippen LogP contribution in [0.4, 0.5) is 0 Å². The number of halogens is 1. The number of fused-ring (bicyclic) bond motifs is 1. The fourth-order valence-electron chi connectivity index (χ4n) is 4.30. The van der Waals surface area contributed by atoms with Gasteiger partial charge < -0.3 is 10.1 Å². The largest absolute Gasteiger partial charge is 0.493 e. The molecule has 1 unspecified atom stereocenters. The molecule has 1 atom stereocenters. The van der Waals surface area contributed by atoms with Crippen molar-refractivity contribution in [3.8, 4) is 5.75 Å². The van der Waals surface area contributed by atoms with Crippen LogP contribution in [0.15, 0.2) is 12.1 Å². The third-order valence-electron chi connectivity index (χ3n) is 5.41. The highest BCUT2D eigenvalue weighted by molar-refractivity contribution is 6.30. The maximum Gasteiger partial charge on any atom is 0.127 e. The topological polar surface area (TPSA) is 21.3 Å². The molecule has 0 aromatic heterocycles. The molecule has 2 nitrogen and oxygen atoms in total. The number of rotatable bonds is 5. The minimum Gasteiger partial charge on any atom is -0.493 e. The first kappa shape index (κ1) is 15.2. The molecule has 1 aromatic rings. The van der Waals surface area contributed by atoms with Gasteiger partial charge >= 0.3 is 0 Å². The summed E-state index contributed by atoms with van der Waals surface area (Å²) in [5.41, 5.74) is 2.94. The second kappa shape index (κ2) is 6.18. The lowest BCUT2D eigenvalue weighted by Gasteiger charge is -2.38. The first-order valence-corrected chi connectivity index (χ1v) is 8.76. The Bertz CT molecular complexity index is 508. The van der Waals surface area contributed by atoms with Gasteiger partial charge in [0.2, 0.25) is 0 Å². The van der Waals surface area contributed by atoms with E-state index < -0.39 is 0 Å². The van der Waals surface area contributed by atoms with Crippen LogP contribution in [0.25, 0.3) is 0 Å². The summed E-state index contributed by atoms with van der Waals surface area (Å²) in [6, 6.07) is 4.57. The zero-order valence-electron chi connectivity index (χ0n) is 13.2. The molecule has 1 saturated carbocycles. The number of benzene rings is 1. The third-order valence-corrected chi connectivity index (χ3v) is 5.63. The van der Waals surface area contributed by atoms with Crippen molar-refractivity contribution in [2.24, 2.45) is 5.41 Å². The SMILES string of the molecule is CCNC(c1cc(Cl)cc2c1OCC2)C1(CC)CCCC1. The maximum atomic E-state index is 6.38. The van der Waals surface area contributed by atoms with Crippen LogP contribution in [-0.4, -0.2) is 13.2 Å². The Kier molecular flexibility index (Phi) is 4.46. The monoisotopic (exact) mass is 307 g/mol. The highest BCUT2D eigenvalue weighted by Crippen LogP contribution is 2.52. The average molecular weight is 308 g/mol.